The first-order valence-corrected chi connectivity index (χ1v) is 13.1. The third kappa shape index (κ3) is 2.96. The van der Waals surface area contributed by atoms with Gasteiger partial charge in [-0.1, -0.05) is 129 Å². The second-order valence-electron chi connectivity index (χ2n) is 8.81. The molecular weight excluding hydrogens is 419 g/mol. The van der Waals surface area contributed by atoms with E-state index in [0.717, 1.165) is 17.3 Å². The van der Waals surface area contributed by atoms with Gasteiger partial charge in [0.2, 0.25) is 0 Å². The molecular formula is C31H25OP. The Bertz CT molecular complexity index is 1330. The van der Waals surface area contributed by atoms with Crippen LogP contribution in [0.15, 0.2) is 127 Å². The van der Waals surface area contributed by atoms with Crippen LogP contribution in [0.4, 0.5) is 0 Å². The maximum atomic E-state index is 12.9. The van der Waals surface area contributed by atoms with E-state index < -0.39 is 7.55 Å². The Balaban J connectivity index is 1.74. The fraction of sp³-hybridized carbons (Fsp3) is 0.0968. The van der Waals surface area contributed by atoms with E-state index in [1.807, 2.05) is 6.07 Å². The molecule has 4 aromatic rings. The molecule has 0 N–H and O–H groups in total. The third-order valence-electron chi connectivity index (χ3n) is 7.27. The highest BCUT2D eigenvalue weighted by Crippen LogP contribution is 2.77. The van der Waals surface area contributed by atoms with E-state index in [-0.39, 0.29) is 5.16 Å². The Hall–Kier alpha value is -3.41. The molecule has 0 radical (unpaired) electrons. The second kappa shape index (κ2) is 8.18. The number of hydrogen-bond donors (Lipinski definition) is 0. The summed E-state index contributed by atoms with van der Waals surface area (Å²) < 4.78 is 0. The molecule has 2 aliphatic rings. The molecule has 0 amide bonds. The summed E-state index contributed by atoms with van der Waals surface area (Å²) in [5.41, 5.74) is 8.10. The van der Waals surface area contributed by atoms with Gasteiger partial charge in [-0.15, -0.1) is 0 Å². The van der Waals surface area contributed by atoms with Gasteiger partial charge in [0.1, 0.15) is 0 Å². The number of benzene rings is 4. The molecule has 0 aromatic heterocycles. The van der Waals surface area contributed by atoms with Crippen LogP contribution in [0.3, 0.4) is 0 Å². The molecule has 160 valence electrons. The Morgan fingerprint density at radius 3 is 1.67 bits per heavy atom. The molecule has 1 nitrogen and oxygen atoms in total. The maximum absolute atomic E-state index is 12.9. The Morgan fingerprint density at radius 1 is 0.667 bits per heavy atom. The van der Waals surface area contributed by atoms with Gasteiger partial charge >= 0.3 is 0 Å². The molecule has 2 unspecified atom stereocenters. The lowest BCUT2D eigenvalue weighted by molar-refractivity contribution is -0.102. The van der Waals surface area contributed by atoms with Crippen molar-refractivity contribution in [2.24, 2.45) is 0 Å². The van der Waals surface area contributed by atoms with Gasteiger partial charge in [0.05, 0.1) is 5.16 Å². The smallest absolute Gasteiger partial charge is 0.150 e. The van der Waals surface area contributed by atoms with Crippen molar-refractivity contribution in [1.82, 2.24) is 0 Å². The van der Waals surface area contributed by atoms with Crippen molar-refractivity contribution in [3.8, 4) is 0 Å². The topological polar surface area (TPSA) is 17.1 Å². The summed E-state index contributed by atoms with van der Waals surface area (Å²) in [4.78, 5) is 12.9. The summed E-state index contributed by atoms with van der Waals surface area (Å²) in [6, 6.07) is 43.1. The molecule has 33 heavy (non-hydrogen) atoms. The molecule has 0 spiro atoms. The predicted molar refractivity (Wildman–Crippen MR) is 140 cm³/mol. The predicted octanol–water partition coefficient (Wildman–Crippen LogP) is 7.13. The van der Waals surface area contributed by atoms with Gasteiger partial charge in [-0.3, -0.25) is 4.79 Å². The molecule has 4 aromatic carbocycles. The zero-order valence-electron chi connectivity index (χ0n) is 18.3. The summed E-state index contributed by atoms with van der Waals surface area (Å²) >= 11 is 0. The van der Waals surface area contributed by atoms with E-state index in [4.69, 9.17) is 0 Å². The molecule has 1 saturated heterocycles. The summed E-state index contributed by atoms with van der Waals surface area (Å²) in [6.07, 6.45) is 2.17. The van der Waals surface area contributed by atoms with Crippen molar-refractivity contribution in [1.29, 1.82) is 0 Å². The quantitative estimate of drug-likeness (QED) is 0.236. The fourth-order valence-electron chi connectivity index (χ4n) is 6.09. The van der Waals surface area contributed by atoms with Crippen molar-refractivity contribution in [3.05, 3.63) is 149 Å². The van der Waals surface area contributed by atoms with Gasteiger partial charge in [-0.2, -0.15) is 0 Å². The number of aldehydes is 1. The van der Waals surface area contributed by atoms with Gasteiger partial charge in [0.15, 0.2) is 6.29 Å². The minimum atomic E-state index is -1.38. The minimum absolute atomic E-state index is 0.255. The van der Waals surface area contributed by atoms with Crippen LogP contribution in [0.1, 0.15) is 34.3 Å². The largest absolute Gasteiger partial charge is 0.298 e. The Kier molecular flexibility index (Phi) is 5.01. The average molecular weight is 445 g/mol. The minimum Gasteiger partial charge on any atom is -0.298 e. The lowest BCUT2D eigenvalue weighted by atomic mass is 9.78. The van der Waals surface area contributed by atoms with Gasteiger partial charge in [-0.05, 0) is 39.8 Å². The van der Waals surface area contributed by atoms with Gasteiger partial charge in [-0.25, -0.2) is 0 Å². The van der Waals surface area contributed by atoms with Crippen molar-refractivity contribution in [2.75, 3.05) is 0 Å². The summed E-state index contributed by atoms with van der Waals surface area (Å²) in [6.45, 7) is 0. The normalized spacial score (nSPS) is 20.8. The van der Waals surface area contributed by atoms with Crippen LogP contribution in [-0.2, 0) is 9.95 Å². The summed E-state index contributed by atoms with van der Waals surface area (Å²) in [5, 5.41) is 0.781. The van der Waals surface area contributed by atoms with Crippen molar-refractivity contribution >= 4 is 24.7 Å². The van der Waals surface area contributed by atoms with E-state index >= 15 is 0 Å². The monoisotopic (exact) mass is 444 g/mol. The maximum Gasteiger partial charge on any atom is 0.150 e. The molecule has 2 atom stereocenters. The first-order chi connectivity index (χ1) is 16.4. The number of rotatable bonds is 5. The zero-order valence-corrected chi connectivity index (χ0v) is 19.3. The molecule has 2 heteroatoms. The second-order valence-corrected chi connectivity index (χ2v) is 11.6. The average Bonchev–Trinajstić information content (AvgIpc) is 3.40. The lowest BCUT2D eigenvalue weighted by Crippen LogP contribution is -2.21. The first kappa shape index (κ1) is 20.2. The lowest BCUT2D eigenvalue weighted by Gasteiger charge is -2.34. The highest BCUT2D eigenvalue weighted by molar-refractivity contribution is 7.65. The summed E-state index contributed by atoms with van der Waals surface area (Å²) in [5.74, 6) is 0. The molecule has 0 aliphatic carbocycles. The van der Waals surface area contributed by atoms with Crippen molar-refractivity contribution in [2.45, 2.75) is 17.2 Å². The number of allylic oxidation sites excluding steroid dienone is 2. The van der Waals surface area contributed by atoms with Crippen LogP contribution in [0, 0.1) is 0 Å². The van der Waals surface area contributed by atoms with Crippen molar-refractivity contribution < 1.29 is 4.79 Å². The zero-order chi connectivity index (χ0) is 22.3. The molecule has 1 fully saturated rings. The molecule has 2 bridgehead atoms. The third-order valence-corrected chi connectivity index (χ3v) is 11.1. The van der Waals surface area contributed by atoms with E-state index in [1.165, 1.54) is 34.1 Å². The van der Waals surface area contributed by atoms with Crippen molar-refractivity contribution in [3.63, 3.8) is 0 Å². The first-order valence-electron chi connectivity index (χ1n) is 11.5. The van der Waals surface area contributed by atoms with Crippen LogP contribution in [-0.4, -0.2) is 11.6 Å². The Morgan fingerprint density at radius 2 is 1.15 bits per heavy atom. The fourth-order valence-corrected chi connectivity index (χ4v) is 10.5. The number of carbonyl (C=O) groups is 1. The van der Waals surface area contributed by atoms with Gasteiger partial charge < -0.3 is 0 Å². The molecule has 2 aliphatic heterocycles. The SMILES string of the molecule is O=CC1=[PH]2C(c3ccccc3)CC(=C1c1ccccc1)C2(c1ccccc1)c1ccccc1. The van der Waals surface area contributed by atoms with Gasteiger partial charge in [0, 0.05) is 11.0 Å². The highest BCUT2D eigenvalue weighted by atomic mass is 31.1. The molecule has 6 rings (SSSR count). The Labute approximate surface area is 195 Å². The highest BCUT2D eigenvalue weighted by Gasteiger charge is 2.56. The number of hydrogen-bond acceptors (Lipinski definition) is 1. The van der Waals surface area contributed by atoms with Crippen LogP contribution in [0.2, 0.25) is 0 Å². The van der Waals surface area contributed by atoms with Crippen LogP contribution < -0.4 is 0 Å². The standard InChI is InChI=1S/C31H25OP/c32-22-29-30(24-15-7-2-8-16-24)27-21-28(23-13-5-1-6-14-23)33(29)31(27,25-17-9-3-10-18-25)26-19-11-4-12-20-26/h1-20,22,28,33H,21H2. The van der Waals surface area contributed by atoms with Crippen LogP contribution in [0.5, 0.6) is 0 Å². The van der Waals surface area contributed by atoms with E-state index in [0.29, 0.717) is 5.66 Å². The van der Waals surface area contributed by atoms with E-state index in [2.05, 4.69) is 115 Å². The summed E-state index contributed by atoms with van der Waals surface area (Å²) in [7, 11) is -1.38. The van der Waals surface area contributed by atoms with E-state index in [1.54, 1.807) is 0 Å². The number of fused-ring (bicyclic) bond motifs is 2. The van der Waals surface area contributed by atoms with Crippen LogP contribution in [0.25, 0.3) is 5.57 Å². The van der Waals surface area contributed by atoms with Gasteiger partial charge in [0.25, 0.3) is 0 Å². The molecule has 2 heterocycles. The van der Waals surface area contributed by atoms with Crippen LogP contribution >= 0.6 is 7.55 Å². The molecule has 0 saturated carbocycles. The van der Waals surface area contributed by atoms with E-state index in [9.17, 15) is 4.79 Å². The number of carbonyl (C=O) groups excluding carboxylic acids is 1.